The van der Waals surface area contributed by atoms with Gasteiger partial charge in [0.1, 0.15) is 30.2 Å². The number of rotatable bonds is 16. The van der Waals surface area contributed by atoms with Gasteiger partial charge in [-0.05, 0) is 69.9 Å². The Balaban J connectivity index is 1.53. The second-order valence-electron chi connectivity index (χ2n) is 19.7. The summed E-state index contributed by atoms with van der Waals surface area (Å²) >= 11 is 0. The maximum absolute atomic E-state index is 14.5. The average Bonchev–Trinajstić information content (AvgIpc) is 3.73. The third-order valence-corrected chi connectivity index (χ3v) is 12.7. The van der Waals surface area contributed by atoms with E-state index in [4.69, 9.17) is 37.9 Å². The number of esters is 5. The minimum atomic E-state index is -2.05. The van der Waals surface area contributed by atoms with E-state index in [1.807, 2.05) is 35.2 Å². The van der Waals surface area contributed by atoms with Crippen LogP contribution in [-0.4, -0.2) is 169 Å². The smallest absolute Gasteiger partial charge is 0.410 e. The van der Waals surface area contributed by atoms with Gasteiger partial charge in [-0.2, -0.15) is 0 Å². The molecule has 3 aliphatic rings. The van der Waals surface area contributed by atoms with E-state index < -0.39 is 114 Å². The molecular weight excluding hydrogens is 955 g/mol. The predicted molar refractivity (Wildman–Crippen MR) is 258 cm³/mol. The van der Waals surface area contributed by atoms with Crippen molar-refractivity contribution in [3.05, 3.63) is 64.7 Å². The van der Waals surface area contributed by atoms with Crippen molar-refractivity contribution in [1.29, 1.82) is 0 Å². The topological polar surface area (TPSA) is 261 Å². The summed E-state index contributed by atoms with van der Waals surface area (Å²) in [7, 11) is 1.13. The van der Waals surface area contributed by atoms with E-state index in [9.17, 15) is 43.2 Å². The zero-order valence-electron chi connectivity index (χ0n) is 43.5. The van der Waals surface area contributed by atoms with E-state index in [2.05, 4.69) is 10.6 Å². The fourth-order valence-electron chi connectivity index (χ4n) is 9.67. The molecule has 22 heteroatoms. The monoisotopic (exact) mass is 1020 g/mol. The SMILES string of the molecule is COC(=O)[C@@]1(CCN2CCN(C(=O)OCc3ccccc3)C[C@@]23CCN(C(=O)OC(C)(C)C)C3)C[C@H](OC(C)=O)[C@@H](NC(C)=O)[C@H]([C@H](OC(C)=O)[C@@H](CNC(=O)c2cc(C)c(OC(C)=O)c(C)c2)OC(C)=O)O1. The second-order valence-corrected chi connectivity index (χ2v) is 19.7. The summed E-state index contributed by atoms with van der Waals surface area (Å²) in [5.41, 5.74) is -1.88. The molecule has 7 atom stereocenters. The number of likely N-dealkylation sites (tertiary alicyclic amines) is 1. The minimum absolute atomic E-state index is 0.0330. The molecule has 0 aromatic heterocycles. The zero-order valence-corrected chi connectivity index (χ0v) is 43.5. The Hall–Kier alpha value is -6.81. The van der Waals surface area contributed by atoms with Gasteiger partial charge in [-0.15, -0.1) is 0 Å². The van der Waals surface area contributed by atoms with Crippen LogP contribution in [0.15, 0.2) is 42.5 Å². The van der Waals surface area contributed by atoms with Gasteiger partial charge in [0.25, 0.3) is 5.91 Å². The third-order valence-electron chi connectivity index (χ3n) is 12.7. The number of amides is 4. The number of nitrogens with zero attached hydrogens (tertiary/aromatic N) is 3. The fraction of sp³-hybridized carbons (Fsp3) is 0.588. The number of carbonyl (C=O) groups excluding carboxylic acids is 9. The number of carbonyl (C=O) groups is 9. The van der Waals surface area contributed by atoms with Crippen LogP contribution in [0.3, 0.4) is 0 Å². The van der Waals surface area contributed by atoms with E-state index in [0.29, 0.717) is 17.5 Å². The summed E-state index contributed by atoms with van der Waals surface area (Å²) in [4.78, 5) is 124. The highest BCUT2D eigenvalue weighted by molar-refractivity contribution is 5.95. The van der Waals surface area contributed by atoms with Crippen molar-refractivity contribution in [2.24, 2.45) is 0 Å². The van der Waals surface area contributed by atoms with E-state index in [0.717, 1.165) is 33.4 Å². The maximum atomic E-state index is 14.5. The average molecular weight is 1020 g/mol. The summed E-state index contributed by atoms with van der Waals surface area (Å²) in [6.07, 6.45) is -7.64. The van der Waals surface area contributed by atoms with Gasteiger partial charge in [-0.3, -0.25) is 33.7 Å². The van der Waals surface area contributed by atoms with Crippen LogP contribution in [0.5, 0.6) is 5.75 Å². The predicted octanol–water partition coefficient (Wildman–Crippen LogP) is 3.68. The lowest BCUT2D eigenvalue weighted by Gasteiger charge is -2.51. The van der Waals surface area contributed by atoms with Crippen molar-refractivity contribution in [1.82, 2.24) is 25.3 Å². The molecule has 2 aromatic rings. The van der Waals surface area contributed by atoms with Crippen LogP contribution in [-0.2, 0) is 68.5 Å². The van der Waals surface area contributed by atoms with Crippen molar-refractivity contribution < 1.29 is 81.0 Å². The lowest BCUT2D eigenvalue weighted by Crippen LogP contribution is -2.70. The second kappa shape index (κ2) is 24.3. The van der Waals surface area contributed by atoms with Crippen molar-refractivity contribution in [3.63, 3.8) is 0 Å². The molecule has 0 aliphatic carbocycles. The molecule has 0 radical (unpaired) electrons. The molecule has 22 nitrogen and oxygen atoms in total. The number of ether oxygens (including phenoxy) is 8. The van der Waals surface area contributed by atoms with Gasteiger partial charge in [0.15, 0.2) is 17.8 Å². The van der Waals surface area contributed by atoms with E-state index in [1.54, 1.807) is 44.4 Å². The Kier molecular flexibility index (Phi) is 19.0. The molecule has 1 spiro atoms. The third kappa shape index (κ3) is 15.1. The van der Waals surface area contributed by atoms with Gasteiger partial charge < -0.3 is 58.3 Å². The first-order valence-corrected chi connectivity index (χ1v) is 24.1. The highest BCUT2D eigenvalue weighted by atomic mass is 16.6. The van der Waals surface area contributed by atoms with Crippen molar-refractivity contribution in [3.8, 4) is 5.75 Å². The number of piperazine rings is 1. The first-order valence-electron chi connectivity index (χ1n) is 24.1. The van der Waals surface area contributed by atoms with Gasteiger partial charge >= 0.3 is 42.0 Å². The van der Waals surface area contributed by atoms with Crippen LogP contribution in [0.1, 0.15) is 102 Å². The van der Waals surface area contributed by atoms with Gasteiger partial charge in [-0.1, -0.05) is 30.3 Å². The number of hydrogen-bond acceptors (Lipinski definition) is 18. The van der Waals surface area contributed by atoms with Crippen LogP contribution >= 0.6 is 0 Å². The minimum Gasteiger partial charge on any atom is -0.467 e. The van der Waals surface area contributed by atoms with Crippen molar-refractivity contribution in [2.45, 2.75) is 142 Å². The van der Waals surface area contributed by atoms with Crippen molar-refractivity contribution >= 4 is 53.8 Å². The van der Waals surface area contributed by atoms with Crippen LogP contribution in [0.25, 0.3) is 0 Å². The molecule has 4 amide bonds. The lowest BCUT2D eigenvalue weighted by atomic mass is 9.80. The quantitative estimate of drug-likeness (QED) is 0.138. The molecule has 0 saturated carbocycles. The molecule has 3 fully saturated rings. The summed E-state index contributed by atoms with van der Waals surface area (Å²) in [6.45, 7) is 14.8. The molecule has 2 aromatic carbocycles. The molecular formula is C51H69N5O17. The van der Waals surface area contributed by atoms with Crippen molar-refractivity contribution in [2.75, 3.05) is 52.9 Å². The number of nitrogens with one attached hydrogen (secondary N) is 2. The molecule has 3 heterocycles. The Morgan fingerprint density at radius 3 is 2.00 bits per heavy atom. The van der Waals surface area contributed by atoms with Gasteiger partial charge in [-0.25, -0.2) is 14.4 Å². The normalized spacial score (nSPS) is 22.8. The Labute approximate surface area is 424 Å². The van der Waals surface area contributed by atoms with Crippen LogP contribution in [0.2, 0.25) is 0 Å². The standard InChI is InChI=1S/C51H69N5O17/c1-30-23-38(24-31(2)42(30)70-35(6)60)45(62)52-26-40(69-34(5)59)43(71-36(7)61)44-41(53-32(3)57)39(68-33(4)58)25-51(72-44,46(63)66-11)18-20-56-22-21-55(47(64)67-27-37-15-13-12-14-16-37)29-50(56)17-19-54(28-50)48(65)73-49(8,9)10/h12-16,23-24,39-41,43-44H,17-22,25-29H2,1-11H3,(H,52,62)(H,53,57)/t39-,40+,41+,43+,44+,50-,51+/m0/s1. The molecule has 5 rings (SSSR count). The van der Waals surface area contributed by atoms with Crippen LogP contribution < -0.4 is 15.4 Å². The highest BCUT2D eigenvalue weighted by Crippen LogP contribution is 2.41. The lowest BCUT2D eigenvalue weighted by molar-refractivity contribution is -0.242. The number of benzene rings is 2. The van der Waals surface area contributed by atoms with Crippen LogP contribution in [0, 0.1) is 13.8 Å². The largest absolute Gasteiger partial charge is 0.467 e. The molecule has 3 aliphatic heterocycles. The molecule has 400 valence electrons. The number of aryl methyl sites for hydroxylation is 2. The number of hydrogen-bond donors (Lipinski definition) is 2. The molecule has 0 bridgehead atoms. The summed E-state index contributed by atoms with van der Waals surface area (Å²) in [5, 5.41) is 5.42. The Bertz CT molecular complexity index is 2370. The fourth-order valence-corrected chi connectivity index (χ4v) is 9.67. The molecule has 0 unspecified atom stereocenters. The Morgan fingerprint density at radius 1 is 0.808 bits per heavy atom. The Morgan fingerprint density at radius 2 is 1.44 bits per heavy atom. The first kappa shape index (κ1) is 57.1. The molecule has 2 N–H and O–H groups in total. The zero-order chi connectivity index (χ0) is 54.0. The first-order chi connectivity index (χ1) is 34.2. The van der Waals surface area contributed by atoms with Gasteiger partial charge in [0, 0.05) is 92.3 Å². The van der Waals surface area contributed by atoms with E-state index in [1.165, 1.54) is 26.0 Å². The number of methoxy groups -OCH3 is 1. The van der Waals surface area contributed by atoms with E-state index in [-0.39, 0.29) is 63.6 Å². The molecule has 73 heavy (non-hydrogen) atoms. The summed E-state index contributed by atoms with van der Waals surface area (Å²) < 4.78 is 46.5. The van der Waals surface area contributed by atoms with Crippen LogP contribution in [0.4, 0.5) is 9.59 Å². The molecule has 3 saturated heterocycles. The maximum Gasteiger partial charge on any atom is 0.410 e. The van der Waals surface area contributed by atoms with Gasteiger partial charge in [0.05, 0.1) is 25.2 Å². The summed E-state index contributed by atoms with van der Waals surface area (Å²) in [6, 6.07) is 10.8. The van der Waals surface area contributed by atoms with Gasteiger partial charge in [0.2, 0.25) is 5.91 Å². The summed E-state index contributed by atoms with van der Waals surface area (Å²) in [5.74, 6) is -5.11. The van der Waals surface area contributed by atoms with E-state index >= 15 is 0 Å². The highest BCUT2D eigenvalue weighted by Gasteiger charge is 2.59.